The fraction of sp³-hybridized carbons (Fsp3) is 0.435. The number of benzene rings is 2. The third-order valence-electron chi connectivity index (χ3n) is 5.48. The Labute approximate surface area is 185 Å². The third kappa shape index (κ3) is 6.45. The molecule has 0 aromatic heterocycles. The lowest BCUT2D eigenvalue weighted by Gasteiger charge is -2.34. The Morgan fingerprint density at radius 2 is 1.58 bits per heavy atom. The lowest BCUT2D eigenvalue weighted by molar-refractivity contribution is -0.119. The van der Waals surface area contributed by atoms with E-state index in [2.05, 4.69) is 34.3 Å². The molecule has 1 aliphatic rings. The van der Waals surface area contributed by atoms with Gasteiger partial charge < -0.3 is 15.1 Å². The number of likely N-dealkylation sites (N-methyl/N-ethyl adjacent to an activating group) is 1. The monoisotopic (exact) mass is 444 g/mol. The zero-order valence-corrected chi connectivity index (χ0v) is 19.6. The van der Waals surface area contributed by atoms with Crippen molar-refractivity contribution >= 4 is 27.3 Å². The van der Waals surface area contributed by atoms with Gasteiger partial charge in [0.15, 0.2) is 0 Å². The Kier molecular flexibility index (Phi) is 7.23. The molecule has 0 unspecified atom stereocenters. The number of sulfonamides is 1. The first-order valence-corrected chi connectivity index (χ1v) is 12.3. The fourth-order valence-electron chi connectivity index (χ4n) is 3.77. The van der Waals surface area contributed by atoms with Gasteiger partial charge in [0.05, 0.1) is 11.9 Å². The molecule has 1 N–H and O–H groups in total. The van der Waals surface area contributed by atoms with E-state index in [1.54, 1.807) is 12.1 Å². The molecule has 0 saturated carbocycles. The van der Waals surface area contributed by atoms with Crippen LogP contribution in [0.25, 0.3) is 0 Å². The molecule has 31 heavy (non-hydrogen) atoms. The first-order valence-electron chi connectivity index (χ1n) is 10.5. The van der Waals surface area contributed by atoms with Gasteiger partial charge in [-0.05, 0) is 61.9 Å². The summed E-state index contributed by atoms with van der Waals surface area (Å²) in [5, 5.41) is 2.84. The summed E-state index contributed by atoms with van der Waals surface area (Å²) in [5.74, 6) is -0.340. The molecule has 2 aromatic rings. The lowest BCUT2D eigenvalue weighted by atomic mass is 10.1. The predicted molar refractivity (Wildman–Crippen MR) is 126 cm³/mol. The molecule has 3 rings (SSSR count). The fourth-order valence-corrected chi connectivity index (χ4v) is 4.61. The van der Waals surface area contributed by atoms with Crippen LogP contribution in [-0.2, 0) is 21.4 Å². The molecule has 0 spiro atoms. The predicted octanol–water partition coefficient (Wildman–Crippen LogP) is 2.14. The summed E-state index contributed by atoms with van der Waals surface area (Å²) in [7, 11) is -1.45. The quantitative estimate of drug-likeness (QED) is 0.708. The zero-order chi connectivity index (χ0) is 22.6. The van der Waals surface area contributed by atoms with Crippen LogP contribution in [0.4, 0.5) is 11.4 Å². The van der Waals surface area contributed by atoms with Gasteiger partial charge in [-0.15, -0.1) is 0 Å². The first kappa shape index (κ1) is 23.1. The highest BCUT2D eigenvalue weighted by Crippen LogP contribution is 2.21. The minimum atomic E-state index is -3.59. The van der Waals surface area contributed by atoms with E-state index in [1.807, 2.05) is 32.0 Å². The van der Waals surface area contributed by atoms with Crippen molar-refractivity contribution in [2.24, 2.45) is 0 Å². The molecule has 1 amide bonds. The standard InChI is InChI=1S/C23H32N4O3S/c1-18-13-19(2)15-22(14-18)27(31(4,29)30)17-23(28)24-16-20-5-7-21(8-6-20)26-11-9-25(3)10-12-26/h5-8,13-15H,9-12,16-17H2,1-4H3,(H,24,28). The SMILES string of the molecule is Cc1cc(C)cc(N(CC(=O)NCc2ccc(N3CCN(C)CC3)cc2)S(C)(=O)=O)c1. The number of amides is 1. The molecule has 8 heteroatoms. The highest BCUT2D eigenvalue weighted by molar-refractivity contribution is 7.92. The van der Waals surface area contributed by atoms with E-state index in [1.165, 1.54) is 5.69 Å². The van der Waals surface area contributed by atoms with E-state index in [0.717, 1.165) is 53.4 Å². The van der Waals surface area contributed by atoms with Crippen molar-refractivity contribution in [1.82, 2.24) is 10.2 Å². The van der Waals surface area contributed by atoms with Gasteiger partial charge in [0.1, 0.15) is 6.54 Å². The second-order valence-electron chi connectivity index (χ2n) is 8.35. The summed E-state index contributed by atoms with van der Waals surface area (Å²) in [4.78, 5) is 17.2. The van der Waals surface area contributed by atoms with Crippen molar-refractivity contribution in [3.05, 3.63) is 59.2 Å². The number of carbonyl (C=O) groups excluding carboxylic acids is 1. The van der Waals surface area contributed by atoms with Crippen LogP contribution in [0.5, 0.6) is 0 Å². The van der Waals surface area contributed by atoms with Gasteiger partial charge in [-0.25, -0.2) is 8.42 Å². The third-order valence-corrected chi connectivity index (χ3v) is 6.62. The molecule has 0 atom stereocenters. The largest absolute Gasteiger partial charge is 0.369 e. The normalized spacial score (nSPS) is 15.0. The van der Waals surface area contributed by atoms with E-state index in [0.29, 0.717) is 12.2 Å². The first-order chi connectivity index (χ1) is 14.6. The molecule has 168 valence electrons. The average Bonchev–Trinajstić information content (AvgIpc) is 2.70. The van der Waals surface area contributed by atoms with Crippen molar-refractivity contribution in [1.29, 1.82) is 0 Å². The number of hydrogen-bond acceptors (Lipinski definition) is 5. The highest BCUT2D eigenvalue weighted by Gasteiger charge is 2.21. The smallest absolute Gasteiger partial charge is 0.241 e. The maximum absolute atomic E-state index is 12.5. The van der Waals surface area contributed by atoms with Crippen molar-refractivity contribution in [3.63, 3.8) is 0 Å². The minimum absolute atomic E-state index is 0.249. The maximum atomic E-state index is 12.5. The molecule has 1 fully saturated rings. The second-order valence-corrected chi connectivity index (χ2v) is 10.3. The second kappa shape index (κ2) is 9.70. The van der Waals surface area contributed by atoms with E-state index in [9.17, 15) is 13.2 Å². The summed E-state index contributed by atoms with van der Waals surface area (Å²) < 4.78 is 25.8. The van der Waals surface area contributed by atoms with E-state index in [4.69, 9.17) is 0 Å². The zero-order valence-electron chi connectivity index (χ0n) is 18.8. The Hall–Kier alpha value is -2.58. The topological polar surface area (TPSA) is 73.0 Å². The van der Waals surface area contributed by atoms with Gasteiger partial charge in [-0.1, -0.05) is 18.2 Å². The lowest BCUT2D eigenvalue weighted by Crippen LogP contribution is -2.44. The summed E-state index contributed by atoms with van der Waals surface area (Å²) in [6.45, 7) is 8.03. The van der Waals surface area contributed by atoms with Gasteiger partial charge >= 0.3 is 0 Å². The molecule has 1 heterocycles. The Bertz CT molecular complexity index is 993. The molecular weight excluding hydrogens is 412 g/mol. The molecule has 2 aromatic carbocycles. The van der Waals surface area contributed by atoms with Gasteiger partial charge in [0.25, 0.3) is 0 Å². The number of aryl methyl sites for hydroxylation is 2. The van der Waals surface area contributed by atoms with Crippen LogP contribution < -0.4 is 14.5 Å². The Morgan fingerprint density at radius 1 is 1.00 bits per heavy atom. The molecule has 1 aliphatic heterocycles. The summed E-state index contributed by atoms with van der Waals surface area (Å²) in [6.07, 6.45) is 1.12. The van der Waals surface area contributed by atoms with Crippen LogP contribution in [0.1, 0.15) is 16.7 Å². The van der Waals surface area contributed by atoms with Crippen molar-refractivity contribution in [3.8, 4) is 0 Å². The number of piperazine rings is 1. The minimum Gasteiger partial charge on any atom is -0.369 e. The van der Waals surface area contributed by atoms with Gasteiger partial charge in [-0.3, -0.25) is 9.10 Å². The molecule has 0 aliphatic carbocycles. The van der Waals surface area contributed by atoms with Crippen molar-refractivity contribution < 1.29 is 13.2 Å². The van der Waals surface area contributed by atoms with Crippen LogP contribution in [-0.4, -0.2) is 65.3 Å². The summed E-state index contributed by atoms with van der Waals surface area (Å²) in [6, 6.07) is 13.7. The Balaban J connectivity index is 1.60. The van der Waals surface area contributed by atoms with Crippen molar-refractivity contribution in [2.45, 2.75) is 20.4 Å². The van der Waals surface area contributed by atoms with Gasteiger partial charge in [0, 0.05) is 38.4 Å². The van der Waals surface area contributed by atoms with Crippen molar-refractivity contribution in [2.75, 3.05) is 55.2 Å². The summed E-state index contributed by atoms with van der Waals surface area (Å²) >= 11 is 0. The van der Waals surface area contributed by atoms with E-state index >= 15 is 0 Å². The van der Waals surface area contributed by atoms with E-state index in [-0.39, 0.29) is 12.5 Å². The number of nitrogens with one attached hydrogen (secondary N) is 1. The van der Waals surface area contributed by atoms with Crippen LogP contribution >= 0.6 is 0 Å². The molecule has 1 saturated heterocycles. The number of hydrogen-bond donors (Lipinski definition) is 1. The van der Waals surface area contributed by atoms with E-state index < -0.39 is 10.0 Å². The molecular formula is C23H32N4O3S. The highest BCUT2D eigenvalue weighted by atomic mass is 32.2. The number of carbonyl (C=O) groups is 1. The molecule has 0 radical (unpaired) electrons. The number of rotatable bonds is 7. The summed E-state index contributed by atoms with van der Waals surface area (Å²) in [5.41, 5.74) is 4.56. The Morgan fingerprint density at radius 3 is 2.13 bits per heavy atom. The molecule has 7 nitrogen and oxygen atoms in total. The average molecular weight is 445 g/mol. The molecule has 0 bridgehead atoms. The maximum Gasteiger partial charge on any atom is 0.241 e. The van der Waals surface area contributed by atoms with Crippen LogP contribution in [0.3, 0.4) is 0 Å². The van der Waals surface area contributed by atoms with Crippen LogP contribution in [0, 0.1) is 13.8 Å². The van der Waals surface area contributed by atoms with Crippen LogP contribution in [0.2, 0.25) is 0 Å². The number of anilines is 2. The van der Waals surface area contributed by atoms with Crippen LogP contribution in [0.15, 0.2) is 42.5 Å². The number of nitrogens with zero attached hydrogens (tertiary/aromatic N) is 3. The van der Waals surface area contributed by atoms with Gasteiger partial charge in [0.2, 0.25) is 15.9 Å². The van der Waals surface area contributed by atoms with Gasteiger partial charge in [-0.2, -0.15) is 0 Å².